The van der Waals surface area contributed by atoms with Crippen LogP contribution in [0.1, 0.15) is 17.4 Å². The Morgan fingerprint density at radius 1 is 1.53 bits per heavy atom. The Kier molecular flexibility index (Phi) is 3.45. The van der Waals surface area contributed by atoms with Gasteiger partial charge in [0.2, 0.25) is 0 Å². The Balaban J connectivity index is 2.20. The minimum absolute atomic E-state index is 0.371. The predicted octanol–water partition coefficient (Wildman–Crippen LogP) is 2.46. The van der Waals surface area contributed by atoms with Crippen LogP contribution in [0.3, 0.4) is 0 Å². The Labute approximate surface area is 104 Å². The maximum absolute atomic E-state index is 13.6. The van der Waals surface area contributed by atoms with E-state index in [4.69, 9.17) is 17.3 Å². The fourth-order valence-electron chi connectivity index (χ4n) is 1.70. The summed E-state index contributed by atoms with van der Waals surface area (Å²) in [6, 6.07) is 4.10. The van der Waals surface area contributed by atoms with Gasteiger partial charge in [0, 0.05) is 42.5 Å². The summed E-state index contributed by atoms with van der Waals surface area (Å²) in [5, 5.41) is 0.371. The number of hydrogen-bond donors (Lipinski definition) is 1. The molecule has 17 heavy (non-hydrogen) atoms. The molecule has 3 nitrogen and oxygen atoms in total. The van der Waals surface area contributed by atoms with Crippen molar-refractivity contribution < 1.29 is 4.39 Å². The standard InChI is InChI=1S/C12H13ClFN3/c1-17-5-4-16-12(17)7-11(15)9-3-2-8(13)6-10(9)14/h2-6,11H,7,15H2,1H3. The minimum atomic E-state index is -0.423. The van der Waals surface area contributed by atoms with E-state index in [9.17, 15) is 4.39 Å². The molecule has 0 aliphatic carbocycles. The third-order valence-electron chi connectivity index (χ3n) is 2.69. The van der Waals surface area contributed by atoms with E-state index in [0.29, 0.717) is 17.0 Å². The summed E-state index contributed by atoms with van der Waals surface area (Å²) in [5.41, 5.74) is 6.43. The molecule has 1 aromatic heterocycles. The van der Waals surface area contributed by atoms with Crippen LogP contribution >= 0.6 is 11.6 Å². The Hall–Kier alpha value is -1.39. The summed E-state index contributed by atoms with van der Waals surface area (Å²) in [7, 11) is 1.88. The Morgan fingerprint density at radius 2 is 2.29 bits per heavy atom. The fraction of sp³-hybridized carbons (Fsp3) is 0.250. The first-order valence-corrected chi connectivity index (χ1v) is 5.62. The van der Waals surface area contributed by atoms with Gasteiger partial charge in [-0.2, -0.15) is 0 Å². The molecular weight excluding hydrogens is 241 g/mol. The largest absolute Gasteiger partial charge is 0.338 e. The molecule has 0 aliphatic rings. The lowest BCUT2D eigenvalue weighted by molar-refractivity contribution is 0.570. The number of aromatic nitrogens is 2. The number of nitrogens with zero attached hydrogens (tertiary/aromatic N) is 2. The molecule has 0 saturated heterocycles. The monoisotopic (exact) mass is 253 g/mol. The second kappa shape index (κ2) is 4.85. The lowest BCUT2D eigenvalue weighted by Gasteiger charge is -2.13. The van der Waals surface area contributed by atoms with Gasteiger partial charge in [-0.05, 0) is 12.1 Å². The van der Waals surface area contributed by atoms with Crippen LogP contribution in [0.4, 0.5) is 4.39 Å². The molecule has 1 heterocycles. The van der Waals surface area contributed by atoms with Crippen LogP contribution in [0, 0.1) is 5.82 Å². The van der Waals surface area contributed by atoms with Gasteiger partial charge in [0.05, 0.1) is 0 Å². The molecule has 0 spiro atoms. The predicted molar refractivity (Wildman–Crippen MR) is 65.3 cm³/mol. The van der Waals surface area contributed by atoms with Gasteiger partial charge >= 0.3 is 0 Å². The summed E-state index contributed by atoms with van der Waals surface area (Å²) in [5.74, 6) is 0.450. The van der Waals surface area contributed by atoms with Crippen LogP contribution < -0.4 is 5.73 Å². The van der Waals surface area contributed by atoms with Crippen LogP contribution in [0.25, 0.3) is 0 Å². The lowest BCUT2D eigenvalue weighted by Crippen LogP contribution is -2.17. The van der Waals surface area contributed by atoms with Crippen molar-refractivity contribution in [2.75, 3.05) is 0 Å². The quantitative estimate of drug-likeness (QED) is 0.913. The summed E-state index contributed by atoms with van der Waals surface area (Å²) in [6.07, 6.45) is 4.02. The third-order valence-corrected chi connectivity index (χ3v) is 2.92. The molecular formula is C12H13ClFN3. The summed E-state index contributed by atoms with van der Waals surface area (Å²) >= 11 is 5.69. The third kappa shape index (κ3) is 2.65. The van der Waals surface area contributed by atoms with Gasteiger partial charge in [-0.15, -0.1) is 0 Å². The van der Waals surface area contributed by atoms with Crippen molar-refractivity contribution in [2.24, 2.45) is 12.8 Å². The molecule has 0 radical (unpaired) electrons. The highest BCUT2D eigenvalue weighted by molar-refractivity contribution is 6.30. The summed E-state index contributed by atoms with van der Waals surface area (Å²) in [6.45, 7) is 0. The Bertz CT molecular complexity index is 524. The lowest BCUT2D eigenvalue weighted by atomic mass is 10.0. The van der Waals surface area contributed by atoms with Crippen LogP contribution in [0.5, 0.6) is 0 Å². The molecule has 0 bridgehead atoms. The molecule has 2 aromatic rings. The maximum atomic E-state index is 13.6. The molecule has 1 unspecified atom stereocenters. The maximum Gasteiger partial charge on any atom is 0.129 e. The van der Waals surface area contributed by atoms with E-state index in [-0.39, 0.29) is 5.82 Å². The molecule has 0 fully saturated rings. The van der Waals surface area contributed by atoms with Crippen molar-refractivity contribution in [2.45, 2.75) is 12.5 Å². The van der Waals surface area contributed by atoms with Gasteiger partial charge in [-0.3, -0.25) is 0 Å². The van der Waals surface area contributed by atoms with Crippen LogP contribution in [-0.2, 0) is 13.5 Å². The first-order valence-electron chi connectivity index (χ1n) is 5.24. The van der Waals surface area contributed by atoms with E-state index in [1.807, 2.05) is 17.8 Å². The van der Waals surface area contributed by atoms with Gasteiger partial charge in [-0.1, -0.05) is 17.7 Å². The van der Waals surface area contributed by atoms with Crippen molar-refractivity contribution in [3.63, 3.8) is 0 Å². The zero-order valence-corrected chi connectivity index (χ0v) is 10.2. The van der Waals surface area contributed by atoms with Gasteiger partial charge in [-0.25, -0.2) is 9.37 Å². The molecule has 5 heteroatoms. The molecule has 1 atom stereocenters. The average molecular weight is 254 g/mol. The number of halogens is 2. The second-order valence-electron chi connectivity index (χ2n) is 3.93. The van der Waals surface area contributed by atoms with Crippen molar-refractivity contribution >= 4 is 11.6 Å². The highest BCUT2D eigenvalue weighted by Gasteiger charge is 2.14. The van der Waals surface area contributed by atoms with Crippen LogP contribution in [-0.4, -0.2) is 9.55 Å². The van der Waals surface area contributed by atoms with Crippen molar-refractivity contribution in [3.8, 4) is 0 Å². The normalized spacial score (nSPS) is 12.7. The van der Waals surface area contributed by atoms with E-state index in [1.54, 1.807) is 18.3 Å². The average Bonchev–Trinajstić information content (AvgIpc) is 2.64. The second-order valence-corrected chi connectivity index (χ2v) is 4.37. The van der Waals surface area contributed by atoms with E-state index in [0.717, 1.165) is 5.82 Å². The summed E-state index contributed by atoms with van der Waals surface area (Å²) < 4.78 is 15.5. The minimum Gasteiger partial charge on any atom is -0.338 e. The van der Waals surface area contributed by atoms with E-state index >= 15 is 0 Å². The highest BCUT2D eigenvalue weighted by atomic mass is 35.5. The van der Waals surface area contributed by atoms with E-state index in [1.165, 1.54) is 6.07 Å². The van der Waals surface area contributed by atoms with E-state index in [2.05, 4.69) is 4.98 Å². The molecule has 2 N–H and O–H groups in total. The SMILES string of the molecule is Cn1ccnc1CC(N)c1ccc(Cl)cc1F. The first-order chi connectivity index (χ1) is 8.08. The van der Waals surface area contributed by atoms with Gasteiger partial charge < -0.3 is 10.3 Å². The van der Waals surface area contributed by atoms with Crippen molar-refractivity contribution in [1.82, 2.24) is 9.55 Å². The molecule has 1 aromatic carbocycles. The smallest absolute Gasteiger partial charge is 0.129 e. The van der Waals surface area contributed by atoms with E-state index < -0.39 is 6.04 Å². The molecule has 2 rings (SSSR count). The van der Waals surface area contributed by atoms with Crippen LogP contribution in [0.2, 0.25) is 5.02 Å². The summed E-state index contributed by atoms with van der Waals surface area (Å²) in [4.78, 5) is 4.16. The van der Waals surface area contributed by atoms with Crippen molar-refractivity contribution in [3.05, 3.63) is 52.8 Å². The number of imidazole rings is 1. The van der Waals surface area contributed by atoms with Gasteiger partial charge in [0.1, 0.15) is 11.6 Å². The van der Waals surface area contributed by atoms with Gasteiger partial charge in [0.15, 0.2) is 0 Å². The van der Waals surface area contributed by atoms with Crippen molar-refractivity contribution in [1.29, 1.82) is 0 Å². The fourth-order valence-corrected chi connectivity index (χ4v) is 1.86. The zero-order chi connectivity index (χ0) is 12.4. The molecule has 0 aliphatic heterocycles. The number of hydrogen-bond acceptors (Lipinski definition) is 2. The van der Waals surface area contributed by atoms with Gasteiger partial charge in [0.25, 0.3) is 0 Å². The number of nitrogens with two attached hydrogens (primary N) is 1. The number of rotatable bonds is 3. The molecule has 0 amide bonds. The molecule has 90 valence electrons. The first kappa shape index (κ1) is 12.1. The number of benzene rings is 1. The number of aryl methyl sites for hydroxylation is 1. The van der Waals surface area contributed by atoms with Crippen LogP contribution in [0.15, 0.2) is 30.6 Å². The zero-order valence-electron chi connectivity index (χ0n) is 9.40. The topological polar surface area (TPSA) is 43.8 Å². The highest BCUT2D eigenvalue weighted by Crippen LogP contribution is 2.21. The molecule has 0 saturated carbocycles. The Morgan fingerprint density at radius 3 is 2.88 bits per heavy atom.